The maximum atomic E-state index is 13.6. The number of anilines is 2. The normalized spacial score (nSPS) is 25.7. The van der Waals surface area contributed by atoms with E-state index in [1.54, 1.807) is 42.5 Å². The maximum absolute atomic E-state index is 13.6. The number of carbonyl (C=O) groups is 4. The van der Waals surface area contributed by atoms with Gasteiger partial charge in [0.05, 0.1) is 23.1 Å². The van der Waals surface area contributed by atoms with Crippen molar-refractivity contribution in [3.63, 3.8) is 0 Å². The molecular formula is C30H26N2O5. The van der Waals surface area contributed by atoms with E-state index < -0.39 is 18.5 Å². The number of fused-ring (bicyclic) bond motifs is 5. The Morgan fingerprint density at radius 1 is 0.838 bits per heavy atom. The fraction of sp³-hybridized carbons (Fsp3) is 0.267. The Bertz CT molecular complexity index is 1370. The Balaban J connectivity index is 1.15. The molecule has 3 amide bonds. The number of hydrogen-bond donors (Lipinski definition) is 1. The third-order valence-electron chi connectivity index (χ3n) is 7.98. The molecule has 1 N–H and O–H groups in total. The van der Waals surface area contributed by atoms with Crippen LogP contribution in [0, 0.1) is 23.7 Å². The van der Waals surface area contributed by atoms with E-state index in [1.807, 2.05) is 24.3 Å². The van der Waals surface area contributed by atoms with Crippen molar-refractivity contribution >= 4 is 35.1 Å². The third kappa shape index (κ3) is 4.10. The monoisotopic (exact) mass is 494 g/mol. The van der Waals surface area contributed by atoms with Gasteiger partial charge in [0, 0.05) is 5.69 Å². The highest BCUT2D eigenvalue weighted by Gasteiger charge is 2.64. The molecule has 3 aromatic rings. The van der Waals surface area contributed by atoms with Crippen LogP contribution in [0.1, 0.15) is 34.7 Å². The van der Waals surface area contributed by atoms with E-state index in [0.29, 0.717) is 11.4 Å². The number of rotatable bonds is 6. The van der Waals surface area contributed by atoms with E-state index in [1.165, 1.54) is 16.5 Å². The van der Waals surface area contributed by atoms with Crippen LogP contribution in [0.2, 0.25) is 0 Å². The van der Waals surface area contributed by atoms with Crippen molar-refractivity contribution in [2.75, 3.05) is 16.8 Å². The van der Waals surface area contributed by atoms with Crippen molar-refractivity contribution in [3.05, 3.63) is 96.1 Å². The first-order valence-corrected chi connectivity index (χ1v) is 12.6. The largest absolute Gasteiger partial charge is 0.452 e. The van der Waals surface area contributed by atoms with Crippen molar-refractivity contribution in [1.82, 2.24) is 0 Å². The Morgan fingerprint density at radius 2 is 1.54 bits per heavy atom. The number of amides is 3. The molecule has 1 saturated heterocycles. The Labute approximate surface area is 214 Å². The van der Waals surface area contributed by atoms with Gasteiger partial charge in [0.2, 0.25) is 11.8 Å². The zero-order valence-electron chi connectivity index (χ0n) is 20.1. The van der Waals surface area contributed by atoms with Gasteiger partial charge in [-0.05, 0) is 66.5 Å². The summed E-state index contributed by atoms with van der Waals surface area (Å²) in [6.07, 6.45) is 1.82. The van der Waals surface area contributed by atoms with E-state index in [4.69, 9.17) is 4.74 Å². The number of benzene rings is 3. The minimum absolute atomic E-state index is 0.148. The summed E-state index contributed by atoms with van der Waals surface area (Å²) in [7, 11) is 0. The molecule has 2 aliphatic carbocycles. The average molecular weight is 495 g/mol. The molecule has 1 heterocycles. The lowest BCUT2D eigenvalue weighted by molar-refractivity contribution is -0.123. The number of esters is 1. The first-order chi connectivity index (χ1) is 18.0. The van der Waals surface area contributed by atoms with Crippen LogP contribution in [0.5, 0.6) is 0 Å². The van der Waals surface area contributed by atoms with Crippen molar-refractivity contribution in [2.45, 2.75) is 18.8 Å². The molecule has 7 nitrogen and oxygen atoms in total. The summed E-state index contributed by atoms with van der Waals surface area (Å²) in [4.78, 5) is 53.0. The molecule has 3 aliphatic rings. The predicted octanol–water partition coefficient (Wildman–Crippen LogP) is 4.41. The molecule has 2 bridgehead atoms. The molecule has 0 aromatic heterocycles. The molecule has 2 saturated carbocycles. The van der Waals surface area contributed by atoms with Crippen molar-refractivity contribution in [2.24, 2.45) is 23.7 Å². The molecule has 6 rings (SSSR count). The van der Waals surface area contributed by atoms with Crippen LogP contribution in [0.25, 0.3) is 0 Å². The van der Waals surface area contributed by atoms with Gasteiger partial charge in [-0.25, -0.2) is 4.79 Å². The number of nitrogens with zero attached hydrogens (tertiary/aromatic N) is 1. The van der Waals surface area contributed by atoms with Crippen LogP contribution in [0.4, 0.5) is 11.4 Å². The average Bonchev–Trinajstić information content (AvgIpc) is 3.59. The zero-order valence-corrected chi connectivity index (χ0v) is 20.1. The van der Waals surface area contributed by atoms with Crippen LogP contribution in [0.3, 0.4) is 0 Å². The Morgan fingerprint density at radius 3 is 2.30 bits per heavy atom. The van der Waals surface area contributed by atoms with Crippen LogP contribution in [-0.2, 0) is 19.1 Å². The summed E-state index contributed by atoms with van der Waals surface area (Å²) in [5, 5.41) is 2.65. The number of nitrogens with one attached hydrogen (secondary N) is 1. The van der Waals surface area contributed by atoms with Gasteiger partial charge in [-0.1, -0.05) is 54.6 Å². The zero-order chi connectivity index (χ0) is 25.5. The number of para-hydroxylation sites is 1. The molecule has 0 radical (unpaired) electrons. The fourth-order valence-electron chi connectivity index (χ4n) is 6.50. The van der Waals surface area contributed by atoms with Crippen LogP contribution < -0.4 is 10.2 Å². The molecule has 0 spiro atoms. The molecule has 5 atom stereocenters. The van der Waals surface area contributed by atoms with E-state index in [0.717, 1.165) is 12.8 Å². The minimum atomic E-state index is -0.700. The summed E-state index contributed by atoms with van der Waals surface area (Å²) < 4.78 is 5.18. The van der Waals surface area contributed by atoms with Crippen LogP contribution in [-0.4, -0.2) is 30.3 Å². The van der Waals surface area contributed by atoms with Gasteiger partial charge in [0.1, 0.15) is 0 Å². The Hall–Kier alpha value is -4.26. The molecular weight excluding hydrogens is 468 g/mol. The predicted molar refractivity (Wildman–Crippen MR) is 137 cm³/mol. The molecule has 0 unspecified atom stereocenters. The molecule has 186 valence electrons. The number of imide groups is 1. The number of carbonyl (C=O) groups excluding carboxylic acids is 4. The third-order valence-corrected chi connectivity index (χ3v) is 7.98. The summed E-state index contributed by atoms with van der Waals surface area (Å²) in [5.41, 5.74) is 2.37. The van der Waals surface area contributed by atoms with Gasteiger partial charge in [-0.15, -0.1) is 0 Å². The second-order valence-electron chi connectivity index (χ2n) is 10.0. The lowest BCUT2D eigenvalue weighted by Crippen LogP contribution is -2.33. The van der Waals surface area contributed by atoms with E-state index in [2.05, 4.69) is 17.4 Å². The summed E-state index contributed by atoms with van der Waals surface area (Å²) in [5.74, 6) is -1.52. The fourth-order valence-corrected chi connectivity index (χ4v) is 6.50. The van der Waals surface area contributed by atoms with Gasteiger partial charge < -0.3 is 10.1 Å². The van der Waals surface area contributed by atoms with Crippen LogP contribution >= 0.6 is 0 Å². The second kappa shape index (κ2) is 9.32. The highest BCUT2D eigenvalue weighted by Crippen LogP contribution is 2.61. The quantitative estimate of drug-likeness (QED) is 0.405. The lowest BCUT2D eigenvalue weighted by atomic mass is 9.73. The molecule has 37 heavy (non-hydrogen) atoms. The standard InChI is InChI=1S/C30H26N2O5/c33-25(31-21-11-5-2-6-12-21)17-37-30(36)19-10-7-13-22(14-19)32-28(34)26-20-15-23(18-8-3-1-4-9-18)24(16-20)27(26)29(32)35/h1-14,20,23-24,26-27H,15-17H2,(H,31,33)/t20-,23-,24+,26+,27+/m0/s1. The first-order valence-electron chi connectivity index (χ1n) is 12.6. The van der Waals surface area contributed by atoms with E-state index in [-0.39, 0.29) is 47.0 Å². The van der Waals surface area contributed by atoms with Gasteiger partial charge in [0.25, 0.3) is 5.91 Å². The highest BCUT2D eigenvalue weighted by atomic mass is 16.5. The van der Waals surface area contributed by atoms with Crippen molar-refractivity contribution in [3.8, 4) is 0 Å². The molecule has 1 aliphatic heterocycles. The highest BCUT2D eigenvalue weighted by molar-refractivity contribution is 6.23. The summed E-state index contributed by atoms with van der Waals surface area (Å²) in [6.45, 7) is -0.450. The van der Waals surface area contributed by atoms with Gasteiger partial charge in [0.15, 0.2) is 6.61 Å². The maximum Gasteiger partial charge on any atom is 0.338 e. The van der Waals surface area contributed by atoms with Crippen molar-refractivity contribution in [1.29, 1.82) is 0 Å². The molecule has 3 aromatic carbocycles. The first kappa shape index (κ1) is 23.2. The minimum Gasteiger partial charge on any atom is -0.452 e. The second-order valence-corrected chi connectivity index (χ2v) is 10.0. The lowest BCUT2D eigenvalue weighted by Gasteiger charge is -2.28. The van der Waals surface area contributed by atoms with Gasteiger partial charge in [-0.3, -0.25) is 19.3 Å². The molecule has 3 fully saturated rings. The summed E-state index contributed by atoms with van der Waals surface area (Å²) >= 11 is 0. The smallest absolute Gasteiger partial charge is 0.338 e. The molecule has 7 heteroatoms. The topological polar surface area (TPSA) is 92.8 Å². The van der Waals surface area contributed by atoms with Crippen LogP contribution in [0.15, 0.2) is 84.9 Å². The van der Waals surface area contributed by atoms with Gasteiger partial charge >= 0.3 is 5.97 Å². The summed E-state index contributed by atoms with van der Waals surface area (Å²) in [6, 6.07) is 25.4. The van der Waals surface area contributed by atoms with Gasteiger partial charge in [-0.2, -0.15) is 0 Å². The number of hydrogen-bond acceptors (Lipinski definition) is 5. The Kier molecular flexibility index (Phi) is 5.83. The van der Waals surface area contributed by atoms with Crippen molar-refractivity contribution < 1.29 is 23.9 Å². The number of ether oxygens (including phenoxy) is 1. The van der Waals surface area contributed by atoms with E-state index >= 15 is 0 Å². The SMILES string of the molecule is O=C(COC(=O)c1cccc(N2C(=O)[C@@H]3[C@@H]4C[C@@H]([C@H]3C2=O)[C@H](c2ccccc2)C4)c1)Nc1ccccc1. The van der Waals surface area contributed by atoms with E-state index in [9.17, 15) is 19.2 Å².